The lowest BCUT2D eigenvalue weighted by Gasteiger charge is -2.30. The SMILES string of the molecule is COc1cc(O)c2c(c1)OC(c1ccc(OC)c(O)c1)[C@@H](O)C2=O. The van der Waals surface area contributed by atoms with Gasteiger partial charge in [-0.05, 0) is 17.7 Å². The number of hydrogen-bond acceptors (Lipinski definition) is 7. The van der Waals surface area contributed by atoms with Crippen LogP contribution in [0, 0.1) is 0 Å². The molecule has 0 saturated carbocycles. The van der Waals surface area contributed by atoms with Gasteiger partial charge in [-0.1, -0.05) is 6.07 Å². The van der Waals surface area contributed by atoms with Crippen molar-refractivity contribution in [3.63, 3.8) is 0 Å². The van der Waals surface area contributed by atoms with Gasteiger partial charge in [-0.25, -0.2) is 0 Å². The second-order valence-electron chi connectivity index (χ2n) is 5.30. The Bertz CT molecular complexity index is 800. The van der Waals surface area contributed by atoms with Gasteiger partial charge in [-0.3, -0.25) is 4.79 Å². The highest BCUT2D eigenvalue weighted by molar-refractivity contribution is 6.05. The lowest BCUT2D eigenvalue weighted by atomic mass is 9.92. The number of ketones is 1. The van der Waals surface area contributed by atoms with E-state index in [4.69, 9.17) is 14.2 Å². The van der Waals surface area contributed by atoms with E-state index in [0.29, 0.717) is 11.3 Å². The van der Waals surface area contributed by atoms with Crippen molar-refractivity contribution in [3.05, 3.63) is 41.5 Å². The predicted molar refractivity (Wildman–Crippen MR) is 83.0 cm³/mol. The summed E-state index contributed by atoms with van der Waals surface area (Å²) in [5.74, 6) is -0.469. The van der Waals surface area contributed by atoms with Crippen molar-refractivity contribution in [2.45, 2.75) is 12.2 Å². The molecule has 2 aromatic carbocycles. The van der Waals surface area contributed by atoms with Crippen molar-refractivity contribution < 1.29 is 34.3 Å². The second-order valence-corrected chi connectivity index (χ2v) is 5.30. The summed E-state index contributed by atoms with van der Waals surface area (Å²) in [4.78, 5) is 12.4. The third kappa shape index (κ3) is 2.48. The first-order chi connectivity index (χ1) is 11.5. The molecule has 0 saturated heterocycles. The van der Waals surface area contributed by atoms with E-state index < -0.39 is 18.0 Å². The van der Waals surface area contributed by atoms with Crippen LogP contribution < -0.4 is 14.2 Å². The molecule has 1 heterocycles. The summed E-state index contributed by atoms with van der Waals surface area (Å²) in [5.41, 5.74) is 0.291. The molecular weight excluding hydrogens is 316 g/mol. The molecule has 3 N–H and O–H groups in total. The van der Waals surface area contributed by atoms with Crippen LogP contribution in [-0.4, -0.2) is 41.4 Å². The average Bonchev–Trinajstić information content (AvgIpc) is 2.57. The molecule has 1 aliphatic rings. The van der Waals surface area contributed by atoms with Crippen molar-refractivity contribution >= 4 is 5.78 Å². The monoisotopic (exact) mass is 332 g/mol. The molecule has 7 heteroatoms. The maximum absolute atomic E-state index is 12.4. The largest absolute Gasteiger partial charge is 0.507 e. The van der Waals surface area contributed by atoms with Crippen molar-refractivity contribution in [2.75, 3.05) is 14.2 Å². The number of aliphatic hydroxyl groups excluding tert-OH is 1. The number of methoxy groups -OCH3 is 2. The molecule has 0 spiro atoms. The molecule has 1 unspecified atom stereocenters. The van der Waals surface area contributed by atoms with Gasteiger partial charge in [0, 0.05) is 12.1 Å². The molecule has 7 nitrogen and oxygen atoms in total. The summed E-state index contributed by atoms with van der Waals surface area (Å²) in [6.07, 6.45) is -2.56. The van der Waals surface area contributed by atoms with E-state index >= 15 is 0 Å². The molecule has 0 fully saturated rings. The van der Waals surface area contributed by atoms with Crippen molar-refractivity contribution in [1.82, 2.24) is 0 Å². The number of phenols is 2. The van der Waals surface area contributed by atoms with Crippen LogP contribution in [0.15, 0.2) is 30.3 Å². The van der Waals surface area contributed by atoms with Crippen molar-refractivity contribution in [1.29, 1.82) is 0 Å². The smallest absolute Gasteiger partial charge is 0.202 e. The number of carbonyl (C=O) groups excluding carboxylic acids is 1. The summed E-state index contributed by atoms with van der Waals surface area (Å²) in [5, 5.41) is 30.1. The Morgan fingerprint density at radius 1 is 1.04 bits per heavy atom. The fourth-order valence-corrected chi connectivity index (χ4v) is 2.66. The molecule has 1 aliphatic heterocycles. The Hall–Kier alpha value is -2.93. The Morgan fingerprint density at radius 3 is 2.42 bits per heavy atom. The van der Waals surface area contributed by atoms with E-state index in [0.717, 1.165) is 0 Å². The van der Waals surface area contributed by atoms with Crippen LogP contribution in [0.3, 0.4) is 0 Å². The third-order valence-electron chi connectivity index (χ3n) is 3.88. The normalized spacial score (nSPS) is 19.4. The van der Waals surface area contributed by atoms with E-state index in [9.17, 15) is 20.1 Å². The van der Waals surface area contributed by atoms with Gasteiger partial charge in [-0.15, -0.1) is 0 Å². The van der Waals surface area contributed by atoms with E-state index in [1.165, 1.54) is 38.5 Å². The average molecular weight is 332 g/mol. The molecule has 2 atom stereocenters. The summed E-state index contributed by atoms with van der Waals surface area (Å²) < 4.78 is 15.7. The van der Waals surface area contributed by atoms with Gasteiger partial charge in [0.2, 0.25) is 5.78 Å². The number of rotatable bonds is 3. The molecule has 0 radical (unpaired) electrons. The topological polar surface area (TPSA) is 105 Å². The molecule has 0 aromatic heterocycles. The third-order valence-corrected chi connectivity index (χ3v) is 3.88. The van der Waals surface area contributed by atoms with Crippen LogP contribution in [0.2, 0.25) is 0 Å². The van der Waals surface area contributed by atoms with Crippen molar-refractivity contribution in [3.8, 4) is 28.7 Å². The zero-order chi connectivity index (χ0) is 17.4. The number of Topliss-reactive ketones (excluding diaryl/α,β-unsaturated/α-hetero) is 1. The number of hydrogen-bond donors (Lipinski definition) is 3. The number of aromatic hydroxyl groups is 2. The highest BCUT2D eigenvalue weighted by Crippen LogP contribution is 2.43. The number of fused-ring (bicyclic) bond motifs is 1. The molecule has 24 heavy (non-hydrogen) atoms. The minimum Gasteiger partial charge on any atom is -0.507 e. The Balaban J connectivity index is 2.05. The Kier molecular flexibility index (Phi) is 3.94. The molecule has 0 bridgehead atoms. The minimum atomic E-state index is -1.52. The standard InChI is InChI=1S/C17H16O7/c1-22-9-6-11(19)14-13(7-9)24-17(16(21)15(14)20)8-3-4-12(23-2)10(18)5-8/h3-7,16-19,21H,1-2H3/t16-,17?/m0/s1. The van der Waals surface area contributed by atoms with Gasteiger partial charge in [0.15, 0.2) is 23.7 Å². The number of carbonyl (C=O) groups is 1. The molecular formula is C17H16O7. The summed E-state index contributed by atoms with van der Waals surface area (Å²) in [6, 6.07) is 7.15. The fraction of sp³-hybridized carbons (Fsp3) is 0.235. The predicted octanol–water partition coefficient (Wildman–Crippen LogP) is 1.79. The Labute approximate surface area is 137 Å². The summed E-state index contributed by atoms with van der Waals surface area (Å²) in [6.45, 7) is 0. The van der Waals surface area contributed by atoms with Crippen LogP contribution in [0.1, 0.15) is 22.0 Å². The van der Waals surface area contributed by atoms with Gasteiger partial charge in [0.1, 0.15) is 22.8 Å². The first-order valence-electron chi connectivity index (χ1n) is 7.13. The number of aliphatic hydroxyl groups is 1. The van der Waals surface area contributed by atoms with E-state index in [1.807, 2.05) is 0 Å². The van der Waals surface area contributed by atoms with E-state index in [-0.39, 0.29) is 28.6 Å². The number of benzene rings is 2. The second kappa shape index (κ2) is 5.93. The van der Waals surface area contributed by atoms with E-state index in [2.05, 4.69) is 0 Å². The van der Waals surface area contributed by atoms with Gasteiger partial charge in [-0.2, -0.15) is 0 Å². The zero-order valence-electron chi connectivity index (χ0n) is 13.0. The van der Waals surface area contributed by atoms with Crippen LogP contribution >= 0.6 is 0 Å². The van der Waals surface area contributed by atoms with Crippen LogP contribution in [0.25, 0.3) is 0 Å². The highest BCUT2D eigenvalue weighted by atomic mass is 16.5. The van der Waals surface area contributed by atoms with Crippen LogP contribution in [0.4, 0.5) is 0 Å². The minimum absolute atomic E-state index is 0.0995. The molecule has 0 aliphatic carbocycles. The summed E-state index contributed by atoms with van der Waals surface area (Å²) in [7, 11) is 2.83. The van der Waals surface area contributed by atoms with E-state index in [1.54, 1.807) is 6.07 Å². The quantitative estimate of drug-likeness (QED) is 0.787. The highest BCUT2D eigenvalue weighted by Gasteiger charge is 2.39. The van der Waals surface area contributed by atoms with Crippen LogP contribution in [-0.2, 0) is 0 Å². The van der Waals surface area contributed by atoms with Gasteiger partial charge in [0.05, 0.1) is 14.2 Å². The molecule has 126 valence electrons. The van der Waals surface area contributed by atoms with Crippen molar-refractivity contribution in [2.24, 2.45) is 0 Å². The first-order valence-corrected chi connectivity index (χ1v) is 7.13. The lowest BCUT2D eigenvalue weighted by molar-refractivity contribution is 0.0210. The molecule has 3 rings (SSSR count). The zero-order valence-corrected chi connectivity index (χ0v) is 13.0. The van der Waals surface area contributed by atoms with Gasteiger partial charge < -0.3 is 29.5 Å². The fourth-order valence-electron chi connectivity index (χ4n) is 2.66. The summed E-state index contributed by atoms with van der Waals surface area (Å²) >= 11 is 0. The first kappa shape index (κ1) is 15.9. The number of phenolic OH excluding ortho intramolecular Hbond substituents is 2. The van der Waals surface area contributed by atoms with Gasteiger partial charge >= 0.3 is 0 Å². The molecule has 0 amide bonds. The Morgan fingerprint density at radius 2 is 1.79 bits per heavy atom. The molecule has 2 aromatic rings. The maximum Gasteiger partial charge on any atom is 0.202 e. The number of ether oxygens (including phenoxy) is 3. The van der Waals surface area contributed by atoms with Gasteiger partial charge in [0.25, 0.3) is 0 Å². The maximum atomic E-state index is 12.4. The van der Waals surface area contributed by atoms with Crippen LogP contribution in [0.5, 0.6) is 28.7 Å². The lowest BCUT2D eigenvalue weighted by Crippen LogP contribution is -2.36.